The standard InChI is InChI=1S/C14H20BrNO3/c1-2-3-8-18-14(17)10-19-12-4-5-13(15)11(9-12)6-7-16/h4-5,9H,2-3,6-8,10,16H2,1H3. The van der Waals surface area contributed by atoms with E-state index in [2.05, 4.69) is 15.9 Å². The van der Waals surface area contributed by atoms with Crippen LogP contribution in [0.3, 0.4) is 0 Å². The quantitative estimate of drug-likeness (QED) is 0.588. The van der Waals surface area contributed by atoms with E-state index >= 15 is 0 Å². The summed E-state index contributed by atoms with van der Waals surface area (Å²) in [6.07, 6.45) is 2.65. The van der Waals surface area contributed by atoms with Gasteiger partial charge in [-0.15, -0.1) is 0 Å². The molecule has 0 saturated carbocycles. The molecule has 1 aromatic rings. The highest BCUT2D eigenvalue weighted by molar-refractivity contribution is 9.10. The molecule has 0 heterocycles. The zero-order valence-corrected chi connectivity index (χ0v) is 12.7. The molecule has 0 amide bonds. The number of esters is 1. The lowest BCUT2D eigenvalue weighted by Crippen LogP contribution is -2.15. The Hall–Kier alpha value is -1.07. The van der Waals surface area contributed by atoms with Crippen molar-refractivity contribution < 1.29 is 14.3 Å². The first-order chi connectivity index (χ1) is 9.17. The van der Waals surface area contributed by atoms with Gasteiger partial charge in [-0.2, -0.15) is 0 Å². The third-order valence-electron chi connectivity index (χ3n) is 2.55. The monoisotopic (exact) mass is 329 g/mol. The second-order valence-electron chi connectivity index (χ2n) is 4.15. The number of carbonyl (C=O) groups is 1. The molecule has 4 nitrogen and oxygen atoms in total. The maximum atomic E-state index is 11.4. The molecule has 1 rings (SSSR count). The number of carbonyl (C=O) groups excluding carboxylic acids is 1. The summed E-state index contributed by atoms with van der Waals surface area (Å²) < 4.78 is 11.4. The first-order valence-corrected chi connectivity index (χ1v) is 7.23. The Morgan fingerprint density at radius 1 is 1.42 bits per heavy atom. The van der Waals surface area contributed by atoms with Gasteiger partial charge in [0.2, 0.25) is 0 Å². The Morgan fingerprint density at radius 3 is 2.89 bits per heavy atom. The lowest BCUT2D eigenvalue weighted by atomic mass is 10.1. The molecule has 0 aliphatic carbocycles. The number of unbranched alkanes of at least 4 members (excludes halogenated alkanes) is 1. The molecule has 0 saturated heterocycles. The van der Waals surface area contributed by atoms with Crippen LogP contribution >= 0.6 is 15.9 Å². The molecule has 0 fully saturated rings. The van der Waals surface area contributed by atoms with Crippen molar-refractivity contribution in [2.75, 3.05) is 19.8 Å². The second-order valence-corrected chi connectivity index (χ2v) is 5.01. The van der Waals surface area contributed by atoms with Crippen molar-refractivity contribution in [3.05, 3.63) is 28.2 Å². The van der Waals surface area contributed by atoms with E-state index < -0.39 is 0 Å². The van der Waals surface area contributed by atoms with E-state index in [9.17, 15) is 4.79 Å². The maximum Gasteiger partial charge on any atom is 0.344 e. The predicted molar refractivity (Wildman–Crippen MR) is 78.3 cm³/mol. The van der Waals surface area contributed by atoms with Gasteiger partial charge in [0.1, 0.15) is 5.75 Å². The molecule has 0 aliphatic heterocycles. The molecular weight excluding hydrogens is 310 g/mol. The van der Waals surface area contributed by atoms with Crippen LogP contribution in [0, 0.1) is 0 Å². The largest absolute Gasteiger partial charge is 0.482 e. The molecule has 0 unspecified atom stereocenters. The second kappa shape index (κ2) is 8.93. The molecule has 0 bridgehead atoms. The minimum absolute atomic E-state index is 0.0621. The van der Waals surface area contributed by atoms with Gasteiger partial charge in [-0.3, -0.25) is 0 Å². The number of rotatable bonds is 8. The predicted octanol–water partition coefficient (Wildman–Crippen LogP) is 2.67. The van der Waals surface area contributed by atoms with E-state index in [0.29, 0.717) is 18.9 Å². The molecule has 0 spiro atoms. The van der Waals surface area contributed by atoms with Gasteiger partial charge in [0.15, 0.2) is 6.61 Å². The Bertz CT molecular complexity index is 410. The van der Waals surface area contributed by atoms with E-state index in [-0.39, 0.29) is 12.6 Å². The highest BCUT2D eigenvalue weighted by Crippen LogP contribution is 2.22. The first kappa shape index (κ1) is 16.0. The molecule has 0 radical (unpaired) electrons. The van der Waals surface area contributed by atoms with Gasteiger partial charge in [-0.05, 0) is 43.1 Å². The summed E-state index contributed by atoms with van der Waals surface area (Å²) >= 11 is 3.45. The molecule has 0 aliphatic rings. The van der Waals surface area contributed by atoms with Gasteiger partial charge in [0, 0.05) is 4.47 Å². The molecule has 106 valence electrons. The van der Waals surface area contributed by atoms with Gasteiger partial charge in [-0.1, -0.05) is 29.3 Å². The molecule has 2 N–H and O–H groups in total. The zero-order chi connectivity index (χ0) is 14.1. The van der Waals surface area contributed by atoms with Crippen molar-refractivity contribution in [2.45, 2.75) is 26.2 Å². The third kappa shape index (κ3) is 6.07. The average Bonchev–Trinajstić information content (AvgIpc) is 2.40. The number of ether oxygens (including phenoxy) is 2. The fraction of sp³-hybridized carbons (Fsp3) is 0.500. The molecule has 5 heteroatoms. The van der Waals surface area contributed by atoms with Crippen LogP contribution < -0.4 is 10.5 Å². The van der Waals surface area contributed by atoms with Crippen molar-refractivity contribution in [3.8, 4) is 5.75 Å². The highest BCUT2D eigenvalue weighted by atomic mass is 79.9. The number of benzene rings is 1. The first-order valence-electron chi connectivity index (χ1n) is 6.44. The summed E-state index contributed by atoms with van der Waals surface area (Å²) in [4.78, 5) is 11.4. The zero-order valence-electron chi connectivity index (χ0n) is 11.2. The fourth-order valence-corrected chi connectivity index (χ4v) is 1.95. The Kier molecular flexibility index (Phi) is 7.52. The molecule has 19 heavy (non-hydrogen) atoms. The van der Waals surface area contributed by atoms with Crippen LogP contribution in [0.5, 0.6) is 5.75 Å². The van der Waals surface area contributed by atoms with Crippen LogP contribution in [0.2, 0.25) is 0 Å². The third-order valence-corrected chi connectivity index (χ3v) is 3.32. The molecule has 0 atom stereocenters. The lowest BCUT2D eigenvalue weighted by Gasteiger charge is -2.09. The Labute approximate surface area is 122 Å². The van der Waals surface area contributed by atoms with Gasteiger partial charge in [0.05, 0.1) is 6.61 Å². The fourth-order valence-electron chi connectivity index (χ4n) is 1.50. The summed E-state index contributed by atoms with van der Waals surface area (Å²) in [6.45, 7) is 3.01. The minimum Gasteiger partial charge on any atom is -0.482 e. The van der Waals surface area contributed by atoms with Crippen molar-refractivity contribution in [1.82, 2.24) is 0 Å². The van der Waals surface area contributed by atoms with Crippen LogP contribution in [0.15, 0.2) is 22.7 Å². The SMILES string of the molecule is CCCCOC(=O)COc1ccc(Br)c(CCN)c1. The molecule has 0 aromatic heterocycles. The summed E-state index contributed by atoms with van der Waals surface area (Å²) in [7, 11) is 0. The molecule has 1 aromatic carbocycles. The lowest BCUT2D eigenvalue weighted by molar-refractivity contribution is -0.146. The van der Waals surface area contributed by atoms with Gasteiger partial charge in [-0.25, -0.2) is 4.79 Å². The smallest absolute Gasteiger partial charge is 0.344 e. The number of hydrogen-bond acceptors (Lipinski definition) is 4. The minimum atomic E-state index is -0.336. The van der Waals surface area contributed by atoms with Crippen LogP contribution in [-0.2, 0) is 16.0 Å². The number of hydrogen-bond donors (Lipinski definition) is 1. The van der Waals surface area contributed by atoms with E-state index in [0.717, 1.165) is 29.3 Å². The van der Waals surface area contributed by atoms with E-state index in [1.807, 2.05) is 25.1 Å². The van der Waals surface area contributed by atoms with Crippen LogP contribution in [0.4, 0.5) is 0 Å². The Balaban J connectivity index is 2.44. The normalized spacial score (nSPS) is 10.3. The van der Waals surface area contributed by atoms with Crippen molar-refractivity contribution in [1.29, 1.82) is 0 Å². The van der Waals surface area contributed by atoms with Gasteiger partial charge >= 0.3 is 5.97 Å². The topological polar surface area (TPSA) is 61.5 Å². The van der Waals surface area contributed by atoms with E-state index in [4.69, 9.17) is 15.2 Å². The average molecular weight is 330 g/mol. The van der Waals surface area contributed by atoms with Crippen LogP contribution in [-0.4, -0.2) is 25.7 Å². The number of nitrogens with two attached hydrogens (primary N) is 1. The summed E-state index contributed by atoms with van der Waals surface area (Å²) in [5.74, 6) is 0.316. The van der Waals surface area contributed by atoms with Crippen LogP contribution in [0.1, 0.15) is 25.3 Å². The molecular formula is C14H20BrNO3. The van der Waals surface area contributed by atoms with Crippen LogP contribution in [0.25, 0.3) is 0 Å². The summed E-state index contributed by atoms with van der Waals surface area (Å²) in [5, 5.41) is 0. The highest BCUT2D eigenvalue weighted by Gasteiger charge is 2.06. The summed E-state index contributed by atoms with van der Waals surface area (Å²) in [5.41, 5.74) is 6.60. The van der Waals surface area contributed by atoms with Crippen molar-refractivity contribution in [3.63, 3.8) is 0 Å². The summed E-state index contributed by atoms with van der Waals surface area (Å²) in [6, 6.07) is 5.59. The van der Waals surface area contributed by atoms with Gasteiger partial charge in [0.25, 0.3) is 0 Å². The van der Waals surface area contributed by atoms with E-state index in [1.54, 1.807) is 0 Å². The van der Waals surface area contributed by atoms with Crippen molar-refractivity contribution >= 4 is 21.9 Å². The van der Waals surface area contributed by atoms with Gasteiger partial charge < -0.3 is 15.2 Å². The van der Waals surface area contributed by atoms with E-state index in [1.165, 1.54) is 0 Å². The Morgan fingerprint density at radius 2 is 2.21 bits per heavy atom. The number of halogens is 1. The van der Waals surface area contributed by atoms with Crippen molar-refractivity contribution in [2.24, 2.45) is 5.73 Å². The maximum absolute atomic E-state index is 11.4.